The number of benzene rings is 1. The molecule has 0 radical (unpaired) electrons. The lowest BCUT2D eigenvalue weighted by Crippen LogP contribution is -2.49. The monoisotopic (exact) mass is 301 g/mol. The van der Waals surface area contributed by atoms with Crippen LogP contribution in [0.2, 0.25) is 5.02 Å². The van der Waals surface area contributed by atoms with Gasteiger partial charge in [0.1, 0.15) is 5.82 Å². The van der Waals surface area contributed by atoms with Crippen molar-refractivity contribution in [1.29, 1.82) is 0 Å². The average molecular weight is 302 g/mol. The number of halogens is 2. The van der Waals surface area contributed by atoms with Crippen LogP contribution < -0.4 is 0 Å². The van der Waals surface area contributed by atoms with Crippen molar-refractivity contribution < 1.29 is 23.5 Å². The van der Waals surface area contributed by atoms with E-state index in [-0.39, 0.29) is 30.3 Å². The van der Waals surface area contributed by atoms with E-state index in [0.29, 0.717) is 0 Å². The van der Waals surface area contributed by atoms with E-state index >= 15 is 0 Å². The van der Waals surface area contributed by atoms with Crippen LogP contribution in [0.15, 0.2) is 18.2 Å². The Labute approximate surface area is 120 Å². The van der Waals surface area contributed by atoms with E-state index in [0.717, 1.165) is 6.07 Å². The molecule has 1 heterocycles. The summed E-state index contributed by atoms with van der Waals surface area (Å²) < 4.78 is 23.4. The molecule has 1 aromatic carbocycles. The Balaban J connectivity index is 2.16. The Hall–Kier alpha value is -1.66. The highest BCUT2D eigenvalue weighted by molar-refractivity contribution is 6.31. The molecule has 0 aliphatic carbocycles. The third-order valence-electron chi connectivity index (χ3n) is 2.98. The number of rotatable bonds is 2. The average Bonchev–Trinajstić information content (AvgIpc) is 2.48. The summed E-state index contributed by atoms with van der Waals surface area (Å²) in [4.78, 5) is 25.0. The Kier molecular flexibility index (Phi) is 4.57. The molecule has 1 unspecified atom stereocenters. The fourth-order valence-electron chi connectivity index (χ4n) is 1.94. The first-order chi connectivity index (χ1) is 9.52. The molecule has 1 aliphatic rings. The number of amides is 1. The summed E-state index contributed by atoms with van der Waals surface area (Å²) >= 11 is 5.77. The second-order valence-electron chi connectivity index (χ2n) is 4.26. The minimum Gasteiger partial charge on any atom is -0.467 e. The van der Waals surface area contributed by atoms with Crippen LogP contribution in [0.5, 0.6) is 0 Å². The number of esters is 1. The number of ether oxygens (including phenoxy) is 2. The van der Waals surface area contributed by atoms with Gasteiger partial charge in [0, 0.05) is 11.6 Å². The van der Waals surface area contributed by atoms with Crippen molar-refractivity contribution in [1.82, 2.24) is 4.90 Å². The minimum absolute atomic E-state index is 0.0253. The zero-order valence-corrected chi connectivity index (χ0v) is 11.5. The molecule has 1 aliphatic heterocycles. The summed E-state index contributed by atoms with van der Waals surface area (Å²) in [7, 11) is 1.24. The third-order valence-corrected chi connectivity index (χ3v) is 3.21. The second-order valence-corrected chi connectivity index (χ2v) is 4.69. The van der Waals surface area contributed by atoms with Crippen LogP contribution in [0, 0.1) is 5.82 Å². The summed E-state index contributed by atoms with van der Waals surface area (Å²) in [6, 6.07) is 3.76. The highest BCUT2D eigenvalue weighted by Gasteiger charge is 2.31. The maximum Gasteiger partial charge on any atom is 0.336 e. The molecule has 0 saturated carbocycles. The zero-order valence-electron chi connectivity index (χ0n) is 10.8. The quantitative estimate of drug-likeness (QED) is 0.777. The molecular formula is C13H13ClFNO4. The van der Waals surface area contributed by atoms with Crippen LogP contribution in [-0.4, -0.2) is 49.7 Å². The van der Waals surface area contributed by atoms with E-state index in [2.05, 4.69) is 4.74 Å². The lowest BCUT2D eigenvalue weighted by Gasteiger charge is -2.31. The van der Waals surface area contributed by atoms with Crippen molar-refractivity contribution in [3.63, 3.8) is 0 Å². The first-order valence-corrected chi connectivity index (χ1v) is 6.34. The van der Waals surface area contributed by atoms with Crippen LogP contribution in [0.25, 0.3) is 0 Å². The molecular weight excluding hydrogens is 289 g/mol. The molecule has 7 heteroatoms. The van der Waals surface area contributed by atoms with E-state index in [1.54, 1.807) is 0 Å². The van der Waals surface area contributed by atoms with Gasteiger partial charge in [0.2, 0.25) is 0 Å². The van der Waals surface area contributed by atoms with Crippen molar-refractivity contribution in [2.75, 3.05) is 26.8 Å². The van der Waals surface area contributed by atoms with Crippen molar-refractivity contribution in [2.24, 2.45) is 0 Å². The Morgan fingerprint density at radius 1 is 1.50 bits per heavy atom. The SMILES string of the molecule is COC(=O)C1CN(C(=O)c2cc(Cl)ccc2F)CCO1. The standard InChI is InChI=1S/C13H13ClFNO4/c1-19-13(18)11-7-16(4-5-20-11)12(17)9-6-8(14)2-3-10(9)15/h2-3,6,11H,4-5,7H2,1H3. The molecule has 20 heavy (non-hydrogen) atoms. The van der Waals surface area contributed by atoms with Crippen LogP contribution in [0.4, 0.5) is 4.39 Å². The summed E-state index contributed by atoms with van der Waals surface area (Å²) in [5.41, 5.74) is -0.122. The molecule has 1 saturated heterocycles. The van der Waals surface area contributed by atoms with E-state index in [9.17, 15) is 14.0 Å². The van der Waals surface area contributed by atoms with Crippen molar-refractivity contribution in [3.05, 3.63) is 34.6 Å². The molecule has 108 valence electrons. The van der Waals surface area contributed by atoms with Crippen LogP contribution in [0.3, 0.4) is 0 Å². The third kappa shape index (κ3) is 3.08. The molecule has 0 bridgehead atoms. The van der Waals surface area contributed by atoms with E-state index in [1.165, 1.54) is 24.1 Å². The van der Waals surface area contributed by atoms with Gasteiger partial charge in [-0.2, -0.15) is 0 Å². The summed E-state index contributed by atoms with van der Waals surface area (Å²) in [6.07, 6.45) is -0.847. The largest absolute Gasteiger partial charge is 0.467 e. The predicted molar refractivity (Wildman–Crippen MR) is 69.1 cm³/mol. The van der Waals surface area contributed by atoms with Gasteiger partial charge in [-0.05, 0) is 18.2 Å². The van der Waals surface area contributed by atoms with Gasteiger partial charge in [-0.25, -0.2) is 9.18 Å². The molecule has 0 spiro atoms. The Morgan fingerprint density at radius 3 is 2.95 bits per heavy atom. The van der Waals surface area contributed by atoms with Gasteiger partial charge in [-0.1, -0.05) is 11.6 Å². The summed E-state index contributed by atoms with van der Waals surface area (Å²) in [5.74, 6) is -1.74. The number of methoxy groups -OCH3 is 1. The normalized spacial score (nSPS) is 18.8. The molecule has 0 N–H and O–H groups in total. The van der Waals surface area contributed by atoms with Gasteiger partial charge in [-0.3, -0.25) is 4.79 Å². The predicted octanol–water partition coefficient (Wildman–Crippen LogP) is 1.49. The first kappa shape index (κ1) is 14.7. The number of nitrogens with zero attached hydrogens (tertiary/aromatic N) is 1. The lowest BCUT2D eigenvalue weighted by atomic mass is 10.1. The lowest BCUT2D eigenvalue weighted by molar-refractivity contribution is -0.158. The maximum atomic E-state index is 13.7. The van der Waals surface area contributed by atoms with E-state index < -0.39 is 23.8 Å². The number of hydrogen-bond acceptors (Lipinski definition) is 4. The smallest absolute Gasteiger partial charge is 0.336 e. The number of carbonyl (C=O) groups excluding carboxylic acids is 2. The fourth-order valence-corrected chi connectivity index (χ4v) is 2.11. The zero-order chi connectivity index (χ0) is 14.7. The minimum atomic E-state index is -0.847. The van der Waals surface area contributed by atoms with Crippen LogP contribution in [0.1, 0.15) is 10.4 Å². The molecule has 0 aromatic heterocycles. The molecule has 1 amide bonds. The second kappa shape index (κ2) is 6.19. The van der Waals surface area contributed by atoms with Gasteiger partial charge < -0.3 is 14.4 Å². The van der Waals surface area contributed by atoms with Crippen LogP contribution >= 0.6 is 11.6 Å². The van der Waals surface area contributed by atoms with Gasteiger partial charge in [-0.15, -0.1) is 0 Å². The van der Waals surface area contributed by atoms with Crippen molar-refractivity contribution in [2.45, 2.75) is 6.10 Å². The number of carbonyl (C=O) groups is 2. The highest BCUT2D eigenvalue weighted by atomic mass is 35.5. The molecule has 1 fully saturated rings. The van der Waals surface area contributed by atoms with Gasteiger partial charge >= 0.3 is 5.97 Å². The van der Waals surface area contributed by atoms with Crippen molar-refractivity contribution in [3.8, 4) is 0 Å². The van der Waals surface area contributed by atoms with E-state index in [1.807, 2.05) is 0 Å². The fraction of sp³-hybridized carbons (Fsp3) is 0.385. The first-order valence-electron chi connectivity index (χ1n) is 5.96. The maximum absolute atomic E-state index is 13.7. The number of morpholine rings is 1. The Bertz CT molecular complexity index is 537. The Morgan fingerprint density at radius 2 is 2.25 bits per heavy atom. The highest BCUT2D eigenvalue weighted by Crippen LogP contribution is 2.18. The van der Waals surface area contributed by atoms with Gasteiger partial charge in [0.15, 0.2) is 6.10 Å². The molecule has 1 aromatic rings. The molecule has 5 nitrogen and oxygen atoms in total. The van der Waals surface area contributed by atoms with Gasteiger partial charge in [0.25, 0.3) is 5.91 Å². The molecule has 1 atom stereocenters. The van der Waals surface area contributed by atoms with Gasteiger partial charge in [0.05, 0.1) is 25.8 Å². The van der Waals surface area contributed by atoms with Crippen molar-refractivity contribution >= 4 is 23.5 Å². The van der Waals surface area contributed by atoms with Crippen LogP contribution in [-0.2, 0) is 14.3 Å². The summed E-state index contributed by atoms with van der Waals surface area (Å²) in [6.45, 7) is 0.490. The number of hydrogen-bond donors (Lipinski definition) is 0. The molecule has 2 rings (SSSR count). The van der Waals surface area contributed by atoms with E-state index in [4.69, 9.17) is 16.3 Å². The topological polar surface area (TPSA) is 55.8 Å². The summed E-state index contributed by atoms with van der Waals surface area (Å²) in [5, 5.41) is 0.271.